The minimum Gasteiger partial charge on any atom is -0.493 e. The number of nitrogens with zero attached hydrogens (tertiary/aromatic N) is 2. The van der Waals surface area contributed by atoms with E-state index in [0.29, 0.717) is 37.4 Å². The van der Waals surface area contributed by atoms with E-state index in [2.05, 4.69) is 17.3 Å². The second-order valence-electron chi connectivity index (χ2n) is 6.41. The van der Waals surface area contributed by atoms with Crippen molar-refractivity contribution < 1.29 is 9.53 Å². The number of ether oxygens (including phenoxy) is 1. The molecular weight excluding hydrogens is 380 g/mol. The van der Waals surface area contributed by atoms with Crippen molar-refractivity contribution in [3.63, 3.8) is 0 Å². The van der Waals surface area contributed by atoms with Gasteiger partial charge >= 0.3 is 0 Å². The highest BCUT2D eigenvalue weighted by atomic mass is 35.5. The Morgan fingerprint density at radius 1 is 1.32 bits per heavy atom. The van der Waals surface area contributed by atoms with E-state index < -0.39 is 5.91 Å². The van der Waals surface area contributed by atoms with Gasteiger partial charge in [0, 0.05) is 18.7 Å². The molecule has 1 heterocycles. The lowest BCUT2D eigenvalue weighted by atomic mass is 10.0. The number of nitrogens with one attached hydrogen (secondary N) is 1. The molecule has 0 unspecified atom stereocenters. The molecule has 1 aromatic heterocycles. The fraction of sp³-hybridized carbons (Fsp3) is 0.450. The smallest absolute Gasteiger partial charge is 0.287 e. The second-order valence-corrected chi connectivity index (χ2v) is 6.79. The number of anilines is 1. The molecule has 2 aromatic rings. The van der Waals surface area contributed by atoms with E-state index in [1.54, 1.807) is 24.4 Å². The molecule has 28 heavy (non-hydrogen) atoms. The molecule has 1 amide bonds. The lowest BCUT2D eigenvalue weighted by molar-refractivity contribution is 0.1000. The van der Waals surface area contributed by atoms with Crippen molar-refractivity contribution >= 4 is 23.2 Å². The first-order valence-corrected chi connectivity index (χ1v) is 9.90. The summed E-state index contributed by atoms with van der Waals surface area (Å²) in [5, 5.41) is 7.31. The van der Waals surface area contributed by atoms with E-state index in [4.69, 9.17) is 22.1 Å². The first-order valence-electron chi connectivity index (χ1n) is 9.52. The summed E-state index contributed by atoms with van der Waals surface area (Å²) in [5.41, 5.74) is 7.06. The van der Waals surface area contributed by atoms with Crippen LogP contribution in [0.25, 0.3) is 0 Å². The Balaban J connectivity index is 1.90. The van der Waals surface area contributed by atoms with Gasteiger partial charge in [0.05, 0.1) is 18.5 Å². The SMILES string of the molecule is CCCCc1cc(C(N)=O)ccc1OCCCNc1cnn(CC)c(=O)c1Cl. The molecule has 0 radical (unpaired) electrons. The van der Waals surface area contributed by atoms with Crippen LogP contribution in [-0.4, -0.2) is 28.8 Å². The maximum Gasteiger partial charge on any atom is 0.287 e. The molecule has 152 valence electrons. The summed E-state index contributed by atoms with van der Waals surface area (Å²) < 4.78 is 7.20. The van der Waals surface area contributed by atoms with Gasteiger partial charge in [0.1, 0.15) is 10.8 Å². The average molecular weight is 407 g/mol. The number of amides is 1. The van der Waals surface area contributed by atoms with Crippen molar-refractivity contribution in [2.75, 3.05) is 18.5 Å². The number of rotatable bonds is 11. The summed E-state index contributed by atoms with van der Waals surface area (Å²) in [7, 11) is 0. The van der Waals surface area contributed by atoms with Gasteiger partial charge in [0.15, 0.2) is 0 Å². The van der Waals surface area contributed by atoms with Gasteiger partial charge in [-0.05, 0) is 49.9 Å². The molecular formula is C20H27ClN4O3. The molecule has 7 nitrogen and oxygen atoms in total. The van der Waals surface area contributed by atoms with Crippen molar-refractivity contribution in [3.8, 4) is 5.75 Å². The highest BCUT2D eigenvalue weighted by molar-refractivity contribution is 6.32. The number of aryl methyl sites for hydroxylation is 2. The van der Waals surface area contributed by atoms with Crippen LogP contribution in [0.3, 0.4) is 0 Å². The summed E-state index contributed by atoms with van der Waals surface area (Å²) in [5.74, 6) is 0.327. The fourth-order valence-electron chi connectivity index (χ4n) is 2.73. The zero-order valence-corrected chi connectivity index (χ0v) is 17.1. The third kappa shape index (κ3) is 5.73. The monoisotopic (exact) mass is 406 g/mol. The highest BCUT2D eigenvalue weighted by Crippen LogP contribution is 2.23. The van der Waals surface area contributed by atoms with Gasteiger partial charge in [-0.15, -0.1) is 0 Å². The lowest BCUT2D eigenvalue weighted by Gasteiger charge is -2.13. The molecule has 1 aromatic carbocycles. The zero-order valence-electron chi connectivity index (χ0n) is 16.3. The number of nitrogens with two attached hydrogens (primary N) is 1. The topological polar surface area (TPSA) is 99.2 Å². The van der Waals surface area contributed by atoms with Crippen LogP contribution < -0.4 is 21.3 Å². The highest BCUT2D eigenvalue weighted by Gasteiger charge is 2.10. The normalized spacial score (nSPS) is 10.7. The van der Waals surface area contributed by atoms with Crippen LogP contribution in [0.1, 0.15) is 49.0 Å². The van der Waals surface area contributed by atoms with E-state index in [0.717, 1.165) is 30.6 Å². The Kier molecular flexibility index (Phi) is 8.32. The number of halogens is 1. The molecule has 0 atom stereocenters. The van der Waals surface area contributed by atoms with Crippen LogP contribution in [0.2, 0.25) is 5.02 Å². The van der Waals surface area contributed by atoms with Gasteiger partial charge in [-0.1, -0.05) is 24.9 Å². The number of carbonyl (C=O) groups is 1. The van der Waals surface area contributed by atoms with Gasteiger partial charge in [0.2, 0.25) is 5.91 Å². The number of carbonyl (C=O) groups excluding carboxylic acids is 1. The Hall–Kier alpha value is -2.54. The third-order valence-electron chi connectivity index (χ3n) is 4.32. The Labute approximate surface area is 169 Å². The average Bonchev–Trinajstić information content (AvgIpc) is 2.69. The number of unbranched alkanes of at least 4 members (excludes halogenated alkanes) is 1. The first-order chi connectivity index (χ1) is 13.5. The maximum atomic E-state index is 12.0. The molecule has 0 aliphatic carbocycles. The van der Waals surface area contributed by atoms with Crippen molar-refractivity contribution in [2.24, 2.45) is 5.73 Å². The van der Waals surface area contributed by atoms with Crippen LogP contribution in [0.5, 0.6) is 5.75 Å². The van der Waals surface area contributed by atoms with E-state index in [-0.39, 0.29) is 10.6 Å². The summed E-state index contributed by atoms with van der Waals surface area (Å²) in [6.07, 6.45) is 5.16. The van der Waals surface area contributed by atoms with Crippen LogP contribution in [0, 0.1) is 0 Å². The Bertz CT molecular complexity index is 867. The minimum atomic E-state index is -0.441. The van der Waals surface area contributed by atoms with Crippen LogP contribution >= 0.6 is 11.6 Å². The summed E-state index contributed by atoms with van der Waals surface area (Å²) >= 11 is 6.09. The fourth-order valence-corrected chi connectivity index (χ4v) is 2.94. The van der Waals surface area contributed by atoms with Gasteiger partial charge in [-0.25, -0.2) is 4.68 Å². The molecule has 0 saturated carbocycles. The Morgan fingerprint density at radius 3 is 2.79 bits per heavy atom. The van der Waals surface area contributed by atoms with Crippen molar-refractivity contribution in [1.82, 2.24) is 9.78 Å². The standard InChI is InChI=1S/C20H27ClN4O3/c1-3-5-7-14-12-15(19(22)26)8-9-17(14)28-11-6-10-23-16-13-24-25(4-2)20(27)18(16)21/h8-9,12-13,23H,3-7,10-11H2,1-2H3,(H2,22,26). The molecule has 0 bridgehead atoms. The van der Waals surface area contributed by atoms with Gasteiger partial charge < -0.3 is 15.8 Å². The lowest BCUT2D eigenvalue weighted by Crippen LogP contribution is -2.23. The Morgan fingerprint density at radius 2 is 2.11 bits per heavy atom. The van der Waals surface area contributed by atoms with E-state index in [9.17, 15) is 9.59 Å². The van der Waals surface area contributed by atoms with Crippen molar-refractivity contribution in [1.29, 1.82) is 0 Å². The van der Waals surface area contributed by atoms with Gasteiger partial charge in [-0.3, -0.25) is 9.59 Å². The number of hydrogen-bond acceptors (Lipinski definition) is 5. The number of hydrogen-bond donors (Lipinski definition) is 2. The van der Waals surface area contributed by atoms with Crippen molar-refractivity contribution in [3.05, 3.63) is 50.9 Å². The summed E-state index contributed by atoms with van der Waals surface area (Å²) in [6.45, 7) is 5.49. The van der Waals surface area contributed by atoms with E-state index >= 15 is 0 Å². The van der Waals surface area contributed by atoms with Gasteiger partial charge in [0.25, 0.3) is 5.56 Å². The maximum absolute atomic E-state index is 12.0. The van der Waals surface area contributed by atoms with Crippen molar-refractivity contribution in [2.45, 2.75) is 46.1 Å². The first kappa shape index (κ1) is 21.8. The number of benzene rings is 1. The molecule has 8 heteroatoms. The van der Waals surface area contributed by atoms with Crippen LogP contribution in [0.4, 0.5) is 5.69 Å². The van der Waals surface area contributed by atoms with E-state index in [1.165, 1.54) is 4.68 Å². The predicted molar refractivity (Wildman–Crippen MR) is 111 cm³/mol. The summed E-state index contributed by atoms with van der Waals surface area (Å²) in [4.78, 5) is 23.4. The summed E-state index contributed by atoms with van der Waals surface area (Å²) in [6, 6.07) is 5.28. The zero-order chi connectivity index (χ0) is 20.5. The number of primary amides is 1. The molecule has 0 aliphatic rings. The van der Waals surface area contributed by atoms with Crippen LogP contribution in [-0.2, 0) is 13.0 Å². The van der Waals surface area contributed by atoms with Crippen LogP contribution in [0.15, 0.2) is 29.2 Å². The molecule has 0 saturated heterocycles. The minimum absolute atomic E-state index is 0.140. The largest absolute Gasteiger partial charge is 0.493 e. The molecule has 3 N–H and O–H groups in total. The number of aromatic nitrogens is 2. The quantitative estimate of drug-likeness (QED) is 0.558. The second kappa shape index (κ2) is 10.7. The molecule has 2 rings (SSSR count). The molecule has 0 fully saturated rings. The van der Waals surface area contributed by atoms with E-state index in [1.807, 2.05) is 6.92 Å². The molecule has 0 spiro atoms. The van der Waals surface area contributed by atoms with Gasteiger partial charge in [-0.2, -0.15) is 5.10 Å². The predicted octanol–water partition coefficient (Wildman–Crippen LogP) is 3.24. The third-order valence-corrected chi connectivity index (χ3v) is 4.69. The molecule has 0 aliphatic heterocycles.